The van der Waals surface area contributed by atoms with Crippen LogP contribution in [0.5, 0.6) is 11.5 Å². The van der Waals surface area contributed by atoms with Crippen LogP contribution in [0.25, 0.3) is 0 Å². The number of rotatable bonds is 7. The zero-order valence-corrected chi connectivity index (χ0v) is 17.0. The summed E-state index contributed by atoms with van der Waals surface area (Å²) in [4.78, 5) is 25.1. The van der Waals surface area contributed by atoms with Crippen LogP contribution in [-0.2, 0) is 9.53 Å². The Morgan fingerprint density at radius 1 is 0.862 bits per heavy atom. The Morgan fingerprint density at radius 2 is 1.45 bits per heavy atom. The largest absolute Gasteiger partial charge is 0.457 e. The number of hydrogen-bond donors (Lipinski definition) is 1. The fourth-order valence-electron chi connectivity index (χ4n) is 2.49. The van der Waals surface area contributed by atoms with Crippen LogP contribution in [0.1, 0.15) is 15.9 Å². The number of ether oxygens (including phenoxy) is 2. The second-order valence-corrected chi connectivity index (χ2v) is 7.17. The first-order valence-corrected chi connectivity index (χ1v) is 10.2. The van der Waals surface area contributed by atoms with Gasteiger partial charge in [0.15, 0.2) is 6.61 Å². The number of anilines is 1. The number of hydrogen-bond acceptors (Lipinski definition) is 5. The van der Waals surface area contributed by atoms with E-state index in [1.54, 1.807) is 48.2 Å². The van der Waals surface area contributed by atoms with Gasteiger partial charge < -0.3 is 14.8 Å². The van der Waals surface area contributed by atoms with E-state index in [2.05, 4.69) is 5.32 Å². The molecule has 0 saturated carbocycles. The van der Waals surface area contributed by atoms with E-state index in [1.165, 1.54) is 0 Å². The van der Waals surface area contributed by atoms with Crippen LogP contribution in [0.4, 0.5) is 5.69 Å². The monoisotopic (exact) mass is 407 g/mol. The van der Waals surface area contributed by atoms with Crippen molar-refractivity contribution in [2.24, 2.45) is 0 Å². The number of nitrogens with one attached hydrogen (secondary N) is 1. The summed E-state index contributed by atoms with van der Waals surface area (Å²) in [6, 6.07) is 21.7. The standard InChI is InChI=1S/C23H21NO4S/c1-16-3-9-19(10-4-16)28-20-11-7-18(8-12-20)24-22(25)15-27-23(26)17-5-13-21(29-2)14-6-17/h3-14H,15H2,1-2H3,(H,24,25). The van der Waals surface area contributed by atoms with Gasteiger partial charge in [-0.15, -0.1) is 11.8 Å². The third-order valence-electron chi connectivity index (χ3n) is 4.05. The summed E-state index contributed by atoms with van der Waals surface area (Å²) in [7, 11) is 0. The van der Waals surface area contributed by atoms with Crippen molar-refractivity contribution < 1.29 is 19.1 Å². The zero-order valence-electron chi connectivity index (χ0n) is 16.2. The Kier molecular flexibility index (Phi) is 6.92. The lowest BCUT2D eigenvalue weighted by Crippen LogP contribution is -2.20. The minimum Gasteiger partial charge on any atom is -0.457 e. The maximum absolute atomic E-state index is 12.0. The first kappa shape index (κ1) is 20.5. The quantitative estimate of drug-likeness (QED) is 0.425. The van der Waals surface area contributed by atoms with Gasteiger partial charge in [0.2, 0.25) is 0 Å². The predicted octanol–water partition coefficient (Wildman–Crippen LogP) is 5.30. The molecule has 6 heteroatoms. The summed E-state index contributed by atoms with van der Waals surface area (Å²) in [5, 5.41) is 2.69. The van der Waals surface area contributed by atoms with Crippen LogP contribution >= 0.6 is 11.8 Å². The third kappa shape index (κ3) is 6.12. The Hall–Kier alpha value is -3.25. The SMILES string of the molecule is CSc1ccc(C(=O)OCC(=O)Nc2ccc(Oc3ccc(C)cc3)cc2)cc1. The molecule has 5 nitrogen and oxygen atoms in total. The third-order valence-corrected chi connectivity index (χ3v) is 4.80. The Labute approximate surface area is 174 Å². The fraction of sp³-hybridized carbons (Fsp3) is 0.130. The lowest BCUT2D eigenvalue weighted by Gasteiger charge is -2.09. The van der Waals surface area contributed by atoms with E-state index in [4.69, 9.17) is 9.47 Å². The highest BCUT2D eigenvalue weighted by Crippen LogP contribution is 2.23. The molecule has 3 aromatic rings. The van der Waals surface area contributed by atoms with E-state index < -0.39 is 11.9 Å². The van der Waals surface area contributed by atoms with Gasteiger partial charge in [0.05, 0.1) is 5.56 Å². The van der Waals surface area contributed by atoms with Crippen molar-refractivity contribution in [2.75, 3.05) is 18.2 Å². The summed E-state index contributed by atoms with van der Waals surface area (Å²) in [5.74, 6) is 0.456. The van der Waals surface area contributed by atoms with Gasteiger partial charge in [-0.25, -0.2) is 4.79 Å². The van der Waals surface area contributed by atoms with Crippen LogP contribution in [0.2, 0.25) is 0 Å². The number of carbonyl (C=O) groups is 2. The van der Waals surface area contributed by atoms with Gasteiger partial charge in [0.25, 0.3) is 5.91 Å². The average molecular weight is 407 g/mol. The summed E-state index contributed by atoms with van der Waals surface area (Å²) in [6.45, 7) is 1.66. The summed E-state index contributed by atoms with van der Waals surface area (Å²) >= 11 is 1.59. The summed E-state index contributed by atoms with van der Waals surface area (Å²) in [5.41, 5.74) is 2.16. The predicted molar refractivity (Wildman–Crippen MR) is 115 cm³/mol. The smallest absolute Gasteiger partial charge is 0.338 e. The first-order valence-electron chi connectivity index (χ1n) is 8.99. The molecule has 29 heavy (non-hydrogen) atoms. The molecule has 0 spiro atoms. The van der Waals surface area contributed by atoms with Crippen molar-refractivity contribution in [1.82, 2.24) is 0 Å². The molecule has 0 saturated heterocycles. The maximum Gasteiger partial charge on any atom is 0.338 e. The van der Waals surface area contributed by atoms with Crippen molar-refractivity contribution in [2.45, 2.75) is 11.8 Å². The molecule has 1 amide bonds. The van der Waals surface area contributed by atoms with E-state index in [0.29, 0.717) is 17.0 Å². The topological polar surface area (TPSA) is 64.6 Å². The second-order valence-electron chi connectivity index (χ2n) is 6.29. The molecule has 3 aromatic carbocycles. The number of esters is 1. The number of thioether (sulfide) groups is 1. The maximum atomic E-state index is 12.0. The van der Waals surface area contributed by atoms with Gasteiger partial charge in [0.1, 0.15) is 11.5 Å². The van der Waals surface area contributed by atoms with Gasteiger partial charge in [-0.1, -0.05) is 17.7 Å². The van der Waals surface area contributed by atoms with Crippen molar-refractivity contribution >= 4 is 29.3 Å². The zero-order chi connectivity index (χ0) is 20.6. The minimum atomic E-state index is -0.533. The number of amides is 1. The molecule has 0 radical (unpaired) electrons. The van der Waals surface area contributed by atoms with Gasteiger partial charge in [0, 0.05) is 10.6 Å². The lowest BCUT2D eigenvalue weighted by atomic mass is 10.2. The molecule has 0 fully saturated rings. The van der Waals surface area contributed by atoms with Crippen molar-refractivity contribution in [3.63, 3.8) is 0 Å². The molecule has 0 aromatic heterocycles. The van der Waals surface area contributed by atoms with Crippen LogP contribution < -0.4 is 10.1 Å². The molecular weight excluding hydrogens is 386 g/mol. The molecular formula is C23H21NO4S. The number of aryl methyl sites for hydroxylation is 1. The molecule has 0 aliphatic heterocycles. The van der Waals surface area contributed by atoms with Crippen LogP contribution in [-0.4, -0.2) is 24.7 Å². The molecule has 0 aliphatic carbocycles. The van der Waals surface area contributed by atoms with Gasteiger partial charge in [-0.05, 0) is 73.8 Å². The van der Waals surface area contributed by atoms with Crippen LogP contribution in [0, 0.1) is 6.92 Å². The molecule has 3 rings (SSSR count). The van der Waals surface area contributed by atoms with Crippen molar-refractivity contribution in [1.29, 1.82) is 0 Å². The van der Waals surface area contributed by atoms with Crippen molar-refractivity contribution in [3.05, 3.63) is 83.9 Å². The number of benzene rings is 3. The Balaban J connectivity index is 1.48. The highest BCUT2D eigenvalue weighted by atomic mass is 32.2. The highest BCUT2D eigenvalue weighted by molar-refractivity contribution is 7.98. The van der Waals surface area contributed by atoms with E-state index in [1.807, 2.05) is 49.6 Å². The molecule has 0 bridgehead atoms. The normalized spacial score (nSPS) is 10.3. The summed E-state index contributed by atoms with van der Waals surface area (Å²) in [6.07, 6.45) is 1.96. The Bertz CT molecular complexity index is 967. The van der Waals surface area contributed by atoms with Crippen molar-refractivity contribution in [3.8, 4) is 11.5 Å². The first-order chi connectivity index (χ1) is 14.0. The molecule has 1 N–H and O–H groups in total. The highest BCUT2D eigenvalue weighted by Gasteiger charge is 2.10. The van der Waals surface area contributed by atoms with Gasteiger partial charge >= 0.3 is 5.97 Å². The molecule has 0 heterocycles. The second kappa shape index (κ2) is 9.80. The van der Waals surface area contributed by atoms with E-state index in [-0.39, 0.29) is 6.61 Å². The van der Waals surface area contributed by atoms with Crippen LogP contribution in [0.3, 0.4) is 0 Å². The van der Waals surface area contributed by atoms with Gasteiger partial charge in [-0.2, -0.15) is 0 Å². The van der Waals surface area contributed by atoms with E-state index >= 15 is 0 Å². The van der Waals surface area contributed by atoms with Gasteiger partial charge in [-0.3, -0.25) is 4.79 Å². The van der Waals surface area contributed by atoms with Crippen LogP contribution in [0.15, 0.2) is 77.7 Å². The Morgan fingerprint density at radius 3 is 2.03 bits per heavy atom. The van der Waals surface area contributed by atoms with E-state index in [9.17, 15) is 9.59 Å². The molecule has 0 unspecified atom stereocenters. The van der Waals surface area contributed by atoms with E-state index in [0.717, 1.165) is 16.2 Å². The molecule has 0 aliphatic rings. The lowest BCUT2D eigenvalue weighted by molar-refractivity contribution is -0.119. The fourth-order valence-corrected chi connectivity index (χ4v) is 2.90. The minimum absolute atomic E-state index is 0.356. The average Bonchev–Trinajstić information content (AvgIpc) is 2.75. The molecule has 0 atom stereocenters. The number of carbonyl (C=O) groups excluding carboxylic acids is 2. The summed E-state index contributed by atoms with van der Waals surface area (Å²) < 4.78 is 10.8. The molecule has 148 valence electrons.